The molecule has 130 valence electrons. The van der Waals surface area contributed by atoms with Crippen molar-refractivity contribution < 1.29 is 9.72 Å². The van der Waals surface area contributed by atoms with Gasteiger partial charge in [-0.2, -0.15) is 0 Å². The number of nitro benzene ring substituents is 1. The highest BCUT2D eigenvalue weighted by atomic mass is 16.6. The van der Waals surface area contributed by atoms with Gasteiger partial charge in [-0.1, -0.05) is 12.1 Å². The number of nitrogens with zero attached hydrogens (tertiary/aromatic N) is 3. The molecule has 3 rings (SSSR count). The van der Waals surface area contributed by atoms with Crippen LogP contribution in [0.3, 0.4) is 0 Å². The van der Waals surface area contributed by atoms with Crippen LogP contribution in [-0.2, 0) is 11.3 Å². The molecular weight excluding hydrogens is 320 g/mol. The van der Waals surface area contributed by atoms with E-state index in [9.17, 15) is 14.9 Å². The molecule has 0 radical (unpaired) electrons. The molecule has 1 aromatic heterocycles. The third-order valence-corrected chi connectivity index (χ3v) is 4.46. The van der Waals surface area contributed by atoms with Crippen molar-refractivity contribution in [3.8, 4) is 0 Å². The first-order chi connectivity index (χ1) is 12.1. The van der Waals surface area contributed by atoms with Crippen LogP contribution in [0.5, 0.6) is 0 Å². The van der Waals surface area contributed by atoms with E-state index in [0.29, 0.717) is 0 Å². The molecule has 0 unspecified atom stereocenters. The second-order valence-corrected chi connectivity index (χ2v) is 6.20. The summed E-state index contributed by atoms with van der Waals surface area (Å²) < 4.78 is 0. The highest BCUT2D eigenvalue weighted by molar-refractivity contribution is 5.92. The minimum absolute atomic E-state index is 0.0151. The van der Waals surface area contributed by atoms with Gasteiger partial charge >= 0.3 is 0 Å². The number of rotatable bonds is 5. The number of non-ortho nitro benzene ring substituents is 1. The third kappa shape index (κ3) is 4.60. The van der Waals surface area contributed by atoms with E-state index in [1.165, 1.54) is 12.1 Å². The Hall–Kier alpha value is -2.80. The molecule has 1 amide bonds. The van der Waals surface area contributed by atoms with Crippen LogP contribution >= 0.6 is 0 Å². The van der Waals surface area contributed by atoms with Crippen LogP contribution in [0.15, 0.2) is 48.8 Å². The second kappa shape index (κ2) is 7.85. The van der Waals surface area contributed by atoms with Crippen LogP contribution in [0.1, 0.15) is 18.4 Å². The molecule has 0 spiro atoms. The largest absolute Gasteiger partial charge is 0.326 e. The smallest absolute Gasteiger partial charge is 0.269 e. The zero-order valence-electron chi connectivity index (χ0n) is 13.8. The molecule has 1 fully saturated rings. The lowest BCUT2D eigenvalue weighted by Gasteiger charge is -2.31. The predicted octanol–water partition coefficient (Wildman–Crippen LogP) is 2.84. The Labute approximate surface area is 145 Å². The van der Waals surface area contributed by atoms with Crippen LogP contribution < -0.4 is 5.32 Å². The molecule has 7 heteroatoms. The highest BCUT2D eigenvalue weighted by Gasteiger charge is 2.25. The standard InChI is InChI=1S/C18H20N4O3/c23-18(20-16-5-9-19-10-6-16)15-7-11-21(12-8-15)13-14-1-3-17(4-2-14)22(24)25/h1-6,9-10,15H,7-8,11-13H2,(H,19,20,23). The Balaban J connectivity index is 1.48. The van der Waals surface area contributed by atoms with Gasteiger partial charge in [-0.05, 0) is 43.6 Å². The summed E-state index contributed by atoms with van der Waals surface area (Å²) >= 11 is 0. The first-order valence-electron chi connectivity index (χ1n) is 8.28. The van der Waals surface area contributed by atoms with Gasteiger partial charge in [0, 0.05) is 42.7 Å². The van der Waals surface area contributed by atoms with Crippen molar-refractivity contribution in [2.75, 3.05) is 18.4 Å². The van der Waals surface area contributed by atoms with E-state index in [0.717, 1.165) is 43.7 Å². The van der Waals surface area contributed by atoms with Crippen molar-refractivity contribution in [2.24, 2.45) is 5.92 Å². The first kappa shape index (κ1) is 17.0. The Kier molecular flexibility index (Phi) is 5.35. The van der Waals surface area contributed by atoms with Crippen LogP contribution in [0.2, 0.25) is 0 Å². The Morgan fingerprint density at radius 3 is 2.40 bits per heavy atom. The van der Waals surface area contributed by atoms with Crippen molar-refractivity contribution in [1.82, 2.24) is 9.88 Å². The summed E-state index contributed by atoms with van der Waals surface area (Å²) in [5.41, 5.74) is 1.92. The van der Waals surface area contributed by atoms with Gasteiger partial charge in [-0.15, -0.1) is 0 Å². The molecule has 2 aromatic rings. The van der Waals surface area contributed by atoms with Crippen molar-refractivity contribution in [3.63, 3.8) is 0 Å². The average Bonchev–Trinajstić information content (AvgIpc) is 2.63. The number of hydrogen-bond acceptors (Lipinski definition) is 5. The number of nitrogens with one attached hydrogen (secondary N) is 1. The molecule has 1 N–H and O–H groups in total. The van der Waals surface area contributed by atoms with Gasteiger partial charge in [0.1, 0.15) is 0 Å². The maximum Gasteiger partial charge on any atom is 0.269 e. The number of aromatic nitrogens is 1. The quantitative estimate of drug-likeness (QED) is 0.668. The van der Waals surface area contributed by atoms with E-state index >= 15 is 0 Å². The Morgan fingerprint density at radius 1 is 1.16 bits per heavy atom. The van der Waals surface area contributed by atoms with Gasteiger partial charge in [0.15, 0.2) is 0 Å². The van der Waals surface area contributed by atoms with Crippen molar-refractivity contribution >= 4 is 17.3 Å². The molecule has 25 heavy (non-hydrogen) atoms. The lowest BCUT2D eigenvalue weighted by atomic mass is 9.95. The van der Waals surface area contributed by atoms with Gasteiger partial charge < -0.3 is 5.32 Å². The predicted molar refractivity (Wildman–Crippen MR) is 94.0 cm³/mol. The van der Waals surface area contributed by atoms with E-state index in [1.807, 2.05) is 0 Å². The zero-order valence-corrected chi connectivity index (χ0v) is 13.8. The number of hydrogen-bond donors (Lipinski definition) is 1. The zero-order chi connectivity index (χ0) is 17.6. The van der Waals surface area contributed by atoms with Gasteiger partial charge in [0.25, 0.3) is 5.69 Å². The molecule has 0 aliphatic carbocycles. The Morgan fingerprint density at radius 2 is 1.80 bits per heavy atom. The van der Waals surface area contributed by atoms with Crippen molar-refractivity contribution in [3.05, 3.63) is 64.5 Å². The number of anilines is 1. The van der Waals surface area contributed by atoms with E-state index in [1.54, 1.807) is 36.7 Å². The molecular formula is C18H20N4O3. The number of carbonyl (C=O) groups is 1. The molecule has 1 aliphatic rings. The van der Waals surface area contributed by atoms with Crippen molar-refractivity contribution in [2.45, 2.75) is 19.4 Å². The number of nitro groups is 1. The topological polar surface area (TPSA) is 88.4 Å². The molecule has 0 bridgehead atoms. The summed E-state index contributed by atoms with van der Waals surface area (Å²) in [6.45, 7) is 2.42. The summed E-state index contributed by atoms with van der Waals surface area (Å²) in [5, 5.41) is 13.6. The van der Waals surface area contributed by atoms with Crippen LogP contribution in [0, 0.1) is 16.0 Å². The number of amides is 1. The van der Waals surface area contributed by atoms with E-state index < -0.39 is 4.92 Å². The number of benzene rings is 1. The first-order valence-corrected chi connectivity index (χ1v) is 8.28. The SMILES string of the molecule is O=C(Nc1ccncc1)C1CCN(Cc2ccc([N+](=O)[O-])cc2)CC1. The van der Waals surface area contributed by atoms with E-state index in [2.05, 4.69) is 15.2 Å². The summed E-state index contributed by atoms with van der Waals surface area (Å²) in [7, 11) is 0. The fourth-order valence-electron chi connectivity index (χ4n) is 3.01. The molecule has 1 saturated heterocycles. The van der Waals surface area contributed by atoms with Crippen LogP contribution in [0.4, 0.5) is 11.4 Å². The van der Waals surface area contributed by atoms with Crippen LogP contribution in [0.25, 0.3) is 0 Å². The fourth-order valence-corrected chi connectivity index (χ4v) is 3.01. The van der Waals surface area contributed by atoms with E-state index in [-0.39, 0.29) is 17.5 Å². The van der Waals surface area contributed by atoms with Crippen molar-refractivity contribution in [1.29, 1.82) is 0 Å². The molecule has 1 aromatic carbocycles. The highest BCUT2D eigenvalue weighted by Crippen LogP contribution is 2.21. The summed E-state index contributed by atoms with van der Waals surface area (Å²) in [5.74, 6) is 0.0717. The van der Waals surface area contributed by atoms with E-state index in [4.69, 9.17) is 0 Å². The fraction of sp³-hybridized carbons (Fsp3) is 0.333. The minimum atomic E-state index is -0.392. The summed E-state index contributed by atoms with van der Waals surface area (Å²) in [6, 6.07) is 10.2. The number of piperidine rings is 1. The lowest BCUT2D eigenvalue weighted by molar-refractivity contribution is -0.384. The molecule has 0 saturated carbocycles. The van der Waals surface area contributed by atoms with Gasteiger partial charge in [-0.3, -0.25) is 24.8 Å². The average molecular weight is 340 g/mol. The van der Waals surface area contributed by atoms with Gasteiger partial charge in [-0.25, -0.2) is 0 Å². The van der Waals surface area contributed by atoms with Gasteiger partial charge in [0.2, 0.25) is 5.91 Å². The number of carbonyl (C=O) groups excluding carboxylic acids is 1. The Bertz CT molecular complexity index is 726. The lowest BCUT2D eigenvalue weighted by Crippen LogP contribution is -2.37. The normalized spacial score (nSPS) is 15.7. The van der Waals surface area contributed by atoms with Crippen LogP contribution in [-0.4, -0.2) is 33.8 Å². The molecule has 2 heterocycles. The maximum atomic E-state index is 12.3. The minimum Gasteiger partial charge on any atom is -0.326 e. The summed E-state index contributed by atoms with van der Waals surface area (Å²) in [4.78, 5) is 28.8. The monoisotopic (exact) mass is 340 g/mol. The number of pyridine rings is 1. The molecule has 7 nitrogen and oxygen atoms in total. The van der Waals surface area contributed by atoms with Gasteiger partial charge in [0.05, 0.1) is 4.92 Å². The molecule has 1 aliphatic heterocycles. The maximum absolute atomic E-state index is 12.3. The molecule has 0 atom stereocenters. The number of likely N-dealkylation sites (tertiary alicyclic amines) is 1. The second-order valence-electron chi connectivity index (χ2n) is 6.20. The summed E-state index contributed by atoms with van der Waals surface area (Å²) in [6.07, 6.45) is 4.93. The third-order valence-electron chi connectivity index (χ3n) is 4.46.